The molecule has 1 amide bonds. The second-order valence-electron chi connectivity index (χ2n) is 6.53. The van der Waals surface area contributed by atoms with Crippen molar-refractivity contribution < 1.29 is 4.79 Å². The number of piperidine rings is 1. The number of aliphatic imine (C=N–C) groups is 1. The average molecular weight is 463 g/mol. The van der Waals surface area contributed by atoms with E-state index >= 15 is 0 Å². The third-order valence-corrected chi connectivity index (χ3v) is 4.41. The number of likely N-dealkylation sites (tertiary alicyclic amines) is 1. The van der Waals surface area contributed by atoms with Crippen LogP contribution in [0, 0.1) is 5.92 Å². The van der Waals surface area contributed by atoms with E-state index in [9.17, 15) is 4.79 Å². The Hall–Kier alpha value is -1.52. The number of imidazole rings is 1. The first-order valence-corrected chi connectivity index (χ1v) is 8.34. The van der Waals surface area contributed by atoms with E-state index in [4.69, 9.17) is 5.73 Å². The molecule has 9 heteroatoms. The fourth-order valence-corrected chi connectivity index (χ4v) is 3.22. The number of carbonyl (C=O) groups is 1. The Morgan fingerprint density at radius 1 is 1.52 bits per heavy atom. The number of carbonyl (C=O) groups excluding carboxylic acids is 1. The summed E-state index contributed by atoms with van der Waals surface area (Å²) in [5.74, 6) is 1.86. The number of hydrogen-bond acceptors (Lipinski definition) is 4. The van der Waals surface area contributed by atoms with Gasteiger partial charge in [-0.1, -0.05) is 0 Å². The second-order valence-corrected chi connectivity index (χ2v) is 6.53. The number of anilines is 1. The number of nitrogens with one attached hydrogen (secondary N) is 1. The molecule has 0 spiro atoms. The van der Waals surface area contributed by atoms with Gasteiger partial charge in [0.2, 0.25) is 11.9 Å². The van der Waals surface area contributed by atoms with Crippen molar-refractivity contribution in [2.45, 2.75) is 25.8 Å². The molecule has 8 nitrogen and oxygen atoms in total. The van der Waals surface area contributed by atoms with E-state index in [0.29, 0.717) is 18.9 Å². The minimum atomic E-state index is -0.226. The summed E-state index contributed by atoms with van der Waals surface area (Å²) < 4.78 is 2.06. The molecule has 0 aromatic carbocycles. The highest BCUT2D eigenvalue weighted by Crippen LogP contribution is 2.19. The summed E-state index contributed by atoms with van der Waals surface area (Å²) in [6.45, 7) is 2.42. The first-order valence-electron chi connectivity index (χ1n) is 8.34. The van der Waals surface area contributed by atoms with Crippen LogP contribution < -0.4 is 16.0 Å². The Bertz CT molecular complexity index is 599. The lowest BCUT2D eigenvalue weighted by molar-refractivity contribution is -0.119. The number of guanidine groups is 1. The molecule has 0 saturated carbocycles. The molecule has 2 rings (SSSR count). The fraction of sp³-hybridized carbons (Fsp3) is 0.688. The Morgan fingerprint density at radius 2 is 2.24 bits per heavy atom. The normalized spacial score (nSPS) is 17.8. The van der Waals surface area contributed by atoms with Gasteiger partial charge in [-0.05, 0) is 18.8 Å². The number of nitrogens with two attached hydrogens (primary N) is 1. The molecule has 1 aliphatic heterocycles. The molecule has 25 heavy (non-hydrogen) atoms. The lowest BCUT2D eigenvalue weighted by Gasteiger charge is -2.34. The van der Waals surface area contributed by atoms with Gasteiger partial charge >= 0.3 is 0 Å². The van der Waals surface area contributed by atoms with Crippen molar-refractivity contribution in [3.05, 3.63) is 11.9 Å². The monoisotopic (exact) mass is 463 g/mol. The van der Waals surface area contributed by atoms with E-state index in [0.717, 1.165) is 43.5 Å². The molecule has 0 aliphatic carbocycles. The van der Waals surface area contributed by atoms with Crippen molar-refractivity contribution in [1.82, 2.24) is 19.8 Å². The molecule has 1 aromatic rings. The van der Waals surface area contributed by atoms with Gasteiger partial charge in [0, 0.05) is 47.7 Å². The van der Waals surface area contributed by atoms with Crippen LogP contribution in [-0.2, 0) is 18.4 Å². The summed E-state index contributed by atoms with van der Waals surface area (Å²) in [6.07, 6.45) is 4.42. The third-order valence-electron chi connectivity index (χ3n) is 4.41. The number of amides is 1. The van der Waals surface area contributed by atoms with Crippen molar-refractivity contribution in [1.29, 1.82) is 0 Å². The number of rotatable bonds is 5. The SMILES string of the molecule is CN=C(NCc1cnc(N(C)C)n1C)N1CCCC(CC(N)=O)C1.I. The van der Waals surface area contributed by atoms with E-state index < -0.39 is 0 Å². The maximum Gasteiger partial charge on any atom is 0.217 e. The molecule has 2 heterocycles. The molecule has 0 bridgehead atoms. The molecule has 1 aliphatic rings. The van der Waals surface area contributed by atoms with Crippen LogP contribution in [-0.4, -0.2) is 60.6 Å². The lowest BCUT2D eigenvalue weighted by atomic mass is 9.95. The molecule has 1 atom stereocenters. The lowest BCUT2D eigenvalue weighted by Crippen LogP contribution is -2.47. The summed E-state index contributed by atoms with van der Waals surface area (Å²) in [6, 6.07) is 0. The predicted octanol–water partition coefficient (Wildman–Crippen LogP) is 0.767. The van der Waals surface area contributed by atoms with E-state index in [1.807, 2.05) is 32.2 Å². The Kier molecular flexibility index (Phi) is 8.46. The van der Waals surface area contributed by atoms with Gasteiger partial charge in [0.05, 0.1) is 18.4 Å². The van der Waals surface area contributed by atoms with Crippen LogP contribution in [0.15, 0.2) is 11.2 Å². The van der Waals surface area contributed by atoms with E-state index in [2.05, 4.69) is 24.8 Å². The standard InChI is InChI=1S/C16H29N7O.HI/c1-18-15(23-7-5-6-12(11-23)8-14(17)24)19-9-13-10-20-16(21(2)3)22(13)4;/h10,12H,5-9,11H2,1-4H3,(H2,17,24)(H,18,19);1H. The second kappa shape index (κ2) is 9.83. The molecule has 1 fully saturated rings. The average Bonchev–Trinajstić information content (AvgIpc) is 2.89. The van der Waals surface area contributed by atoms with Gasteiger partial charge in [0.1, 0.15) is 0 Å². The molecule has 0 radical (unpaired) electrons. The first-order chi connectivity index (χ1) is 11.4. The number of aromatic nitrogens is 2. The van der Waals surface area contributed by atoms with Crippen molar-refractivity contribution in [2.75, 3.05) is 39.1 Å². The fourth-order valence-electron chi connectivity index (χ4n) is 3.22. The maximum absolute atomic E-state index is 11.2. The molecule has 1 aromatic heterocycles. The highest BCUT2D eigenvalue weighted by molar-refractivity contribution is 14.0. The van der Waals surface area contributed by atoms with Crippen molar-refractivity contribution in [2.24, 2.45) is 23.7 Å². The molecule has 142 valence electrons. The topological polar surface area (TPSA) is 91.8 Å². The van der Waals surface area contributed by atoms with E-state index in [1.165, 1.54) is 0 Å². The van der Waals surface area contributed by atoms with Gasteiger partial charge in [0.15, 0.2) is 5.96 Å². The predicted molar refractivity (Wildman–Crippen MR) is 111 cm³/mol. The zero-order valence-electron chi connectivity index (χ0n) is 15.5. The number of hydrogen-bond donors (Lipinski definition) is 2. The van der Waals surface area contributed by atoms with Gasteiger partial charge in [-0.15, -0.1) is 24.0 Å². The Balaban J connectivity index is 0.00000312. The van der Waals surface area contributed by atoms with Crippen molar-refractivity contribution >= 4 is 41.8 Å². The van der Waals surface area contributed by atoms with Crippen LogP contribution in [0.5, 0.6) is 0 Å². The molecular weight excluding hydrogens is 433 g/mol. The van der Waals surface area contributed by atoms with Crippen molar-refractivity contribution in [3.63, 3.8) is 0 Å². The van der Waals surface area contributed by atoms with Gasteiger partial charge in [0.25, 0.3) is 0 Å². The van der Waals surface area contributed by atoms with E-state index in [-0.39, 0.29) is 29.9 Å². The molecular formula is C16H30IN7O. The molecule has 1 unspecified atom stereocenters. The Labute approximate surface area is 166 Å². The maximum atomic E-state index is 11.2. The number of nitrogens with zero attached hydrogens (tertiary/aromatic N) is 5. The summed E-state index contributed by atoms with van der Waals surface area (Å²) in [5, 5.41) is 3.40. The number of halogens is 1. The van der Waals surface area contributed by atoms with Crippen LogP contribution in [0.3, 0.4) is 0 Å². The zero-order chi connectivity index (χ0) is 17.7. The summed E-state index contributed by atoms with van der Waals surface area (Å²) >= 11 is 0. The Morgan fingerprint density at radius 3 is 2.80 bits per heavy atom. The van der Waals surface area contributed by atoms with Crippen molar-refractivity contribution in [3.8, 4) is 0 Å². The van der Waals surface area contributed by atoms with Crippen LogP contribution in [0.1, 0.15) is 25.0 Å². The van der Waals surface area contributed by atoms with Gasteiger partial charge < -0.3 is 25.4 Å². The molecule has 1 saturated heterocycles. The highest BCUT2D eigenvalue weighted by atomic mass is 127. The zero-order valence-corrected chi connectivity index (χ0v) is 17.9. The van der Waals surface area contributed by atoms with Gasteiger partial charge in [-0.3, -0.25) is 9.79 Å². The quantitative estimate of drug-likeness (QED) is 0.383. The molecule has 3 N–H and O–H groups in total. The summed E-state index contributed by atoms with van der Waals surface area (Å²) in [7, 11) is 7.75. The van der Waals surface area contributed by atoms with Crippen LogP contribution in [0.4, 0.5) is 5.95 Å². The smallest absolute Gasteiger partial charge is 0.217 e. The highest BCUT2D eigenvalue weighted by Gasteiger charge is 2.23. The number of primary amides is 1. The summed E-state index contributed by atoms with van der Waals surface area (Å²) in [4.78, 5) is 24.2. The van der Waals surface area contributed by atoms with Crippen LogP contribution in [0.25, 0.3) is 0 Å². The first kappa shape index (κ1) is 21.5. The minimum Gasteiger partial charge on any atom is -0.370 e. The summed E-state index contributed by atoms with van der Waals surface area (Å²) in [5.41, 5.74) is 6.43. The van der Waals surface area contributed by atoms with Crippen LogP contribution in [0.2, 0.25) is 0 Å². The van der Waals surface area contributed by atoms with Crippen LogP contribution >= 0.6 is 24.0 Å². The van der Waals surface area contributed by atoms with E-state index in [1.54, 1.807) is 7.05 Å². The van der Waals surface area contributed by atoms with Gasteiger partial charge in [-0.25, -0.2) is 4.98 Å². The minimum absolute atomic E-state index is 0. The largest absolute Gasteiger partial charge is 0.370 e. The third kappa shape index (κ3) is 5.75. The van der Waals surface area contributed by atoms with Gasteiger partial charge in [-0.2, -0.15) is 0 Å².